The van der Waals surface area contributed by atoms with Crippen LogP contribution >= 0.6 is 0 Å². The Labute approximate surface area is 140 Å². The largest absolute Gasteiger partial charge is 1.00 e. The van der Waals surface area contributed by atoms with Gasteiger partial charge in [-0.25, -0.2) is 4.57 Å². The van der Waals surface area contributed by atoms with Crippen LogP contribution in [0.25, 0.3) is 0 Å². The van der Waals surface area contributed by atoms with Gasteiger partial charge in [0.15, 0.2) is 6.54 Å². The van der Waals surface area contributed by atoms with Crippen LogP contribution < -0.4 is 27.3 Å². The predicted molar refractivity (Wildman–Crippen MR) is 79.7 cm³/mol. The number of ketones is 1. The number of halogens is 1. The van der Waals surface area contributed by atoms with Gasteiger partial charge in [-0.2, -0.15) is 0 Å². The number of aromatic nitrogens is 2. The lowest BCUT2D eigenvalue weighted by molar-refractivity contribution is -0.692. The summed E-state index contributed by atoms with van der Waals surface area (Å²) in [6, 6.07) is 9.22. The number of carbonyl (C=O) groups excluding carboxylic acids is 1. The van der Waals surface area contributed by atoms with E-state index in [1.54, 1.807) is 4.57 Å². The first kappa shape index (κ1) is 18.3. The van der Waals surface area contributed by atoms with E-state index in [0.29, 0.717) is 30.4 Å². The van der Waals surface area contributed by atoms with Gasteiger partial charge in [-0.05, 0) is 11.9 Å². The van der Waals surface area contributed by atoms with E-state index in [1.165, 1.54) is 0 Å². The third-order valence-electron chi connectivity index (χ3n) is 3.21. The van der Waals surface area contributed by atoms with Crippen LogP contribution in [-0.4, -0.2) is 17.4 Å². The highest BCUT2D eigenvalue weighted by molar-refractivity contribution is 5.94. The highest BCUT2D eigenvalue weighted by Gasteiger charge is 2.17. The minimum absolute atomic E-state index is 0. The third-order valence-corrected chi connectivity index (χ3v) is 3.21. The quantitative estimate of drug-likeness (QED) is 0.509. The molecule has 0 bridgehead atoms. The maximum atomic E-state index is 12.3. The number of anilines is 1. The predicted octanol–water partition coefficient (Wildman–Crippen LogP) is -1.32. The number of nitrogens with two attached hydrogens (primary N) is 1. The number of Topliss-reactive ketones (excluding diaryl/α,β-unsaturated/α-hetero) is 1. The molecule has 1 aromatic carbocycles. The summed E-state index contributed by atoms with van der Waals surface area (Å²) in [5, 5.41) is 0. The van der Waals surface area contributed by atoms with Crippen LogP contribution in [0.15, 0.2) is 36.5 Å². The van der Waals surface area contributed by atoms with E-state index >= 15 is 0 Å². The summed E-state index contributed by atoms with van der Waals surface area (Å²) in [5.74, 6) is 1.19. The summed E-state index contributed by atoms with van der Waals surface area (Å²) in [5.41, 5.74) is 7.37. The Hall–Kier alpha value is -1.79. The highest BCUT2D eigenvalue weighted by Crippen LogP contribution is 2.08. The van der Waals surface area contributed by atoms with Crippen molar-refractivity contribution in [3.8, 4) is 0 Å². The Balaban J connectivity index is 0.00000242. The molecule has 0 radical (unpaired) electrons. The lowest BCUT2D eigenvalue weighted by atomic mass is 10.1. The van der Waals surface area contributed by atoms with Crippen molar-refractivity contribution in [1.29, 1.82) is 0 Å². The smallest absolute Gasteiger partial charge is 0.298 e. The van der Waals surface area contributed by atoms with Crippen molar-refractivity contribution in [3.63, 3.8) is 0 Å². The molecule has 118 valence electrons. The molecule has 5 nitrogen and oxygen atoms in total. The zero-order chi connectivity index (χ0) is 15.2. The van der Waals surface area contributed by atoms with Gasteiger partial charge in [0.2, 0.25) is 11.6 Å². The minimum Gasteiger partial charge on any atom is -1.00 e. The monoisotopic (exact) mass is 365 g/mol. The number of benzene rings is 1. The average Bonchev–Trinajstić information content (AvgIpc) is 2.49. The standard InChI is InChI=1S/C16H19N3O2.BrH/c1-3-21-11-14-9-19(12(2)18-16(14)17)10-15(20)13-7-5-4-6-8-13;/h4-9,17H,3,10-11H2,1-2H3;1H. The molecule has 0 aliphatic carbocycles. The van der Waals surface area contributed by atoms with Gasteiger partial charge < -0.3 is 27.5 Å². The summed E-state index contributed by atoms with van der Waals surface area (Å²) < 4.78 is 7.17. The van der Waals surface area contributed by atoms with E-state index in [0.717, 1.165) is 5.56 Å². The van der Waals surface area contributed by atoms with E-state index < -0.39 is 0 Å². The number of nitrogens with zero attached hydrogens (tertiary/aromatic N) is 2. The molecule has 1 aromatic heterocycles. The molecule has 2 aromatic rings. The van der Waals surface area contributed by atoms with Crippen LogP contribution in [0.3, 0.4) is 0 Å². The number of rotatable bonds is 6. The van der Waals surface area contributed by atoms with E-state index in [2.05, 4.69) is 4.98 Å². The fraction of sp³-hybridized carbons (Fsp3) is 0.312. The molecule has 22 heavy (non-hydrogen) atoms. The second kappa shape index (κ2) is 8.60. The summed E-state index contributed by atoms with van der Waals surface area (Å²) in [4.78, 5) is 16.5. The van der Waals surface area contributed by atoms with Crippen molar-refractivity contribution in [1.82, 2.24) is 4.98 Å². The van der Waals surface area contributed by atoms with Gasteiger partial charge >= 0.3 is 0 Å². The molecular formula is C16H20BrN3O2. The molecule has 0 aliphatic rings. The summed E-state index contributed by atoms with van der Waals surface area (Å²) in [6.45, 7) is 5.00. The second-order valence-corrected chi connectivity index (χ2v) is 4.75. The molecule has 6 heteroatoms. The lowest BCUT2D eigenvalue weighted by Gasteiger charge is -2.06. The first-order valence-corrected chi connectivity index (χ1v) is 6.93. The third kappa shape index (κ3) is 4.61. The van der Waals surface area contributed by atoms with E-state index in [9.17, 15) is 4.79 Å². The Morgan fingerprint density at radius 1 is 1.32 bits per heavy atom. The van der Waals surface area contributed by atoms with Crippen LogP contribution in [0, 0.1) is 6.92 Å². The van der Waals surface area contributed by atoms with Crippen molar-refractivity contribution >= 4 is 11.6 Å². The van der Waals surface area contributed by atoms with Crippen molar-refractivity contribution in [2.75, 3.05) is 12.3 Å². The van der Waals surface area contributed by atoms with Crippen LogP contribution in [0.1, 0.15) is 28.7 Å². The molecule has 0 amide bonds. The van der Waals surface area contributed by atoms with Crippen LogP contribution in [0.5, 0.6) is 0 Å². The molecule has 0 atom stereocenters. The van der Waals surface area contributed by atoms with Gasteiger partial charge in [-0.1, -0.05) is 30.3 Å². The van der Waals surface area contributed by atoms with Crippen molar-refractivity contribution < 1.29 is 31.1 Å². The number of carbonyl (C=O) groups is 1. The molecule has 0 saturated heterocycles. The normalized spacial score (nSPS) is 10.1. The first-order valence-electron chi connectivity index (χ1n) is 6.93. The number of hydrogen-bond donors (Lipinski definition) is 1. The Morgan fingerprint density at radius 2 is 2.00 bits per heavy atom. The van der Waals surface area contributed by atoms with Gasteiger partial charge in [-0.3, -0.25) is 4.79 Å². The van der Waals surface area contributed by atoms with Gasteiger partial charge in [0.25, 0.3) is 5.82 Å². The summed E-state index contributed by atoms with van der Waals surface area (Å²) in [6.07, 6.45) is 1.84. The maximum Gasteiger partial charge on any atom is 0.298 e. The average molecular weight is 366 g/mol. The summed E-state index contributed by atoms with van der Waals surface area (Å²) in [7, 11) is 0. The first-order chi connectivity index (χ1) is 10.1. The molecule has 2 N–H and O–H groups in total. The zero-order valence-electron chi connectivity index (χ0n) is 12.8. The van der Waals surface area contributed by atoms with Crippen molar-refractivity contribution in [2.45, 2.75) is 27.0 Å². The number of nitrogen functional groups attached to an aromatic ring is 1. The van der Waals surface area contributed by atoms with E-state index in [-0.39, 0.29) is 29.3 Å². The van der Waals surface area contributed by atoms with Crippen LogP contribution in [0.2, 0.25) is 0 Å². The molecule has 0 saturated carbocycles. The van der Waals surface area contributed by atoms with Gasteiger partial charge in [-0.15, -0.1) is 0 Å². The Bertz CT molecular complexity index is 633. The van der Waals surface area contributed by atoms with E-state index in [4.69, 9.17) is 10.5 Å². The molecule has 0 fully saturated rings. The molecular weight excluding hydrogens is 346 g/mol. The summed E-state index contributed by atoms with van der Waals surface area (Å²) >= 11 is 0. The Kier molecular flexibility index (Phi) is 7.14. The van der Waals surface area contributed by atoms with Crippen LogP contribution in [0.4, 0.5) is 5.82 Å². The number of ether oxygens (including phenoxy) is 1. The van der Waals surface area contributed by atoms with E-state index in [1.807, 2.05) is 50.4 Å². The fourth-order valence-corrected chi connectivity index (χ4v) is 2.01. The van der Waals surface area contributed by atoms with Gasteiger partial charge in [0, 0.05) is 19.1 Å². The fourth-order valence-electron chi connectivity index (χ4n) is 2.01. The molecule has 2 rings (SSSR count). The maximum absolute atomic E-state index is 12.3. The number of hydrogen-bond acceptors (Lipinski definition) is 4. The van der Waals surface area contributed by atoms with Gasteiger partial charge in [0.05, 0.1) is 12.2 Å². The number of aryl methyl sites for hydroxylation is 1. The zero-order valence-corrected chi connectivity index (χ0v) is 14.3. The van der Waals surface area contributed by atoms with Crippen molar-refractivity contribution in [2.24, 2.45) is 0 Å². The van der Waals surface area contributed by atoms with Crippen LogP contribution in [-0.2, 0) is 17.9 Å². The minimum atomic E-state index is 0. The Morgan fingerprint density at radius 3 is 2.64 bits per heavy atom. The SMILES string of the molecule is CCOCc1c[n+](CC(=O)c2ccccc2)c(C)nc1N.[Br-]. The molecule has 1 heterocycles. The molecule has 0 aliphatic heterocycles. The van der Waals surface area contributed by atoms with Crippen molar-refractivity contribution in [3.05, 3.63) is 53.5 Å². The highest BCUT2D eigenvalue weighted by atomic mass is 79.9. The van der Waals surface area contributed by atoms with Gasteiger partial charge in [0.1, 0.15) is 6.20 Å². The lowest BCUT2D eigenvalue weighted by Crippen LogP contribution is -3.00. The molecule has 0 spiro atoms. The topological polar surface area (TPSA) is 69.1 Å². The molecule has 0 unspecified atom stereocenters. The second-order valence-electron chi connectivity index (χ2n) is 4.75.